The maximum absolute atomic E-state index is 13.1. The number of aryl methyl sites for hydroxylation is 2. The molecule has 1 aromatic heterocycles. The highest BCUT2D eigenvalue weighted by atomic mass is 32.2. The molecule has 1 atom stereocenters. The third-order valence-corrected chi connectivity index (χ3v) is 6.54. The molecule has 0 saturated heterocycles. The number of amidine groups is 1. The number of thioether (sulfide) groups is 1. The van der Waals surface area contributed by atoms with Crippen molar-refractivity contribution in [2.75, 3.05) is 6.61 Å². The van der Waals surface area contributed by atoms with Gasteiger partial charge in [0.1, 0.15) is 12.4 Å². The lowest BCUT2D eigenvalue weighted by atomic mass is 9.90. The van der Waals surface area contributed by atoms with Crippen LogP contribution < -0.4 is 5.32 Å². The lowest BCUT2D eigenvalue weighted by molar-refractivity contribution is -0.138. The highest BCUT2D eigenvalue weighted by Crippen LogP contribution is 2.45. The first-order valence-corrected chi connectivity index (χ1v) is 11.9. The number of fused-ring (bicyclic) bond motifs is 1. The summed E-state index contributed by atoms with van der Waals surface area (Å²) in [6, 6.07) is 9.29. The highest BCUT2D eigenvalue weighted by molar-refractivity contribution is 8.16. The molecule has 2 aliphatic rings. The predicted octanol–water partition coefficient (Wildman–Crippen LogP) is 4.91. The maximum Gasteiger partial charge on any atom is 0.338 e. The zero-order chi connectivity index (χ0) is 24.2. The average Bonchev–Trinajstić information content (AvgIpc) is 3.45. The van der Waals surface area contributed by atoms with Crippen LogP contribution in [0.1, 0.15) is 41.8 Å². The molecule has 1 unspecified atom stereocenters. The number of hydrogen-bond acceptors (Lipinski definition) is 7. The van der Waals surface area contributed by atoms with Gasteiger partial charge in [0, 0.05) is 5.70 Å². The van der Waals surface area contributed by atoms with Gasteiger partial charge in [-0.3, -0.25) is 4.79 Å². The van der Waals surface area contributed by atoms with Crippen molar-refractivity contribution in [2.45, 2.75) is 39.8 Å². The van der Waals surface area contributed by atoms with Crippen molar-refractivity contribution in [3.05, 3.63) is 94.1 Å². The van der Waals surface area contributed by atoms with Crippen LogP contribution >= 0.6 is 11.8 Å². The second-order valence-electron chi connectivity index (χ2n) is 8.17. The van der Waals surface area contributed by atoms with E-state index in [0.29, 0.717) is 23.6 Å². The van der Waals surface area contributed by atoms with Gasteiger partial charge in [-0.05, 0) is 49.4 Å². The molecule has 1 amide bonds. The predicted molar refractivity (Wildman–Crippen MR) is 133 cm³/mol. The van der Waals surface area contributed by atoms with Gasteiger partial charge in [-0.25, -0.2) is 9.79 Å². The molecule has 1 N–H and O–H groups in total. The largest absolute Gasteiger partial charge is 0.467 e. The lowest BCUT2D eigenvalue weighted by Crippen LogP contribution is -2.38. The van der Waals surface area contributed by atoms with Crippen molar-refractivity contribution < 1.29 is 18.7 Å². The Morgan fingerprint density at radius 3 is 2.82 bits per heavy atom. The second kappa shape index (κ2) is 10.2. The Kier molecular flexibility index (Phi) is 7.07. The van der Waals surface area contributed by atoms with Crippen molar-refractivity contribution in [3.8, 4) is 0 Å². The van der Waals surface area contributed by atoms with Gasteiger partial charge in [0.05, 0.1) is 36.5 Å². The number of carbonyl (C=O) groups excluding carboxylic acids is 2. The summed E-state index contributed by atoms with van der Waals surface area (Å²) in [6.45, 7) is 9.94. The van der Waals surface area contributed by atoms with Gasteiger partial charge >= 0.3 is 5.97 Å². The number of furan rings is 1. The molecular weight excluding hydrogens is 450 g/mol. The number of hydrogen-bond donors (Lipinski definition) is 1. The topological polar surface area (TPSA) is 84.1 Å². The van der Waals surface area contributed by atoms with E-state index in [1.54, 1.807) is 12.3 Å². The Morgan fingerprint density at radius 1 is 1.29 bits per heavy atom. The van der Waals surface area contributed by atoms with Gasteiger partial charge in [-0.15, -0.1) is 0 Å². The van der Waals surface area contributed by atoms with Crippen LogP contribution in [0, 0.1) is 13.8 Å². The summed E-state index contributed by atoms with van der Waals surface area (Å²) in [5, 5.41) is 5.54. The minimum Gasteiger partial charge on any atom is -0.467 e. The van der Waals surface area contributed by atoms with Crippen LogP contribution in [0.15, 0.2) is 81.0 Å². The minimum absolute atomic E-state index is 0.110. The van der Waals surface area contributed by atoms with Crippen LogP contribution in [-0.4, -0.2) is 28.6 Å². The van der Waals surface area contributed by atoms with E-state index in [4.69, 9.17) is 9.15 Å². The first-order chi connectivity index (χ1) is 16.4. The quantitative estimate of drug-likeness (QED) is 0.430. The van der Waals surface area contributed by atoms with Crippen molar-refractivity contribution in [3.63, 3.8) is 0 Å². The van der Waals surface area contributed by atoms with E-state index in [9.17, 15) is 9.59 Å². The zero-order valence-electron chi connectivity index (χ0n) is 19.5. The average molecular weight is 478 g/mol. The first-order valence-electron chi connectivity index (χ1n) is 11.0. The molecule has 2 aliphatic heterocycles. The number of nitrogens with one attached hydrogen (secondary N) is 1. The van der Waals surface area contributed by atoms with Crippen LogP contribution in [0.2, 0.25) is 0 Å². The smallest absolute Gasteiger partial charge is 0.338 e. The number of aliphatic imine (C=N–C) groups is 1. The Balaban J connectivity index is 1.66. The molecule has 176 valence electrons. The van der Waals surface area contributed by atoms with E-state index >= 15 is 0 Å². The molecule has 8 heteroatoms. The number of carbonyl (C=O) groups is 2. The van der Waals surface area contributed by atoms with E-state index in [1.165, 1.54) is 17.8 Å². The summed E-state index contributed by atoms with van der Waals surface area (Å²) in [5.74, 6) is 0.0944. The number of benzene rings is 1. The van der Waals surface area contributed by atoms with Crippen LogP contribution in [0.3, 0.4) is 0 Å². The van der Waals surface area contributed by atoms with Gasteiger partial charge in [0.25, 0.3) is 0 Å². The van der Waals surface area contributed by atoms with Gasteiger partial charge in [-0.2, -0.15) is 0 Å². The summed E-state index contributed by atoms with van der Waals surface area (Å²) in [5.41, 5.74) is 4.98. The third kappa shape index (κ3) is 4.87. The van der Waals surface area contributed by atoms with Crippen molar-refractivity contribution >= 4 is 28.8 Å². The molecule has 0 bridgehead atoms. The van der Waals surface area contributed by atoms with E-state index in [1.807, 2.05) is 49.3 Å². The molecule has 0 saturated carbocycles. The maximum atomic E-state index is 13.1. The summed E-state index contributed by atoms with van der Waals surface area (Å²) in [7, 11) is 0. The minimum atomic E-state index is -0.454. The van der Waals surface area contributed by atoms with Gasteiger partial charge in [0.15, 0.2) is 5.17 Å². The van der Waals surface area contributed by atoms with Crippen LogP contribution in [0.4, 0.5) is 0 Å². The SMILES string of the molecule is C=CCOC(=O)C1=C(C)N=C2SC=C(CC(=O)NCc3ccco3)N2C1c1ccc(C)cc1C. The zero-order valence-corrected chi connectivity index (χ0v) is 20.3. The number of allylic oxidation sites excluding steroid dienone is 1. The normalized spacial score (nSPS) is 17.1. The van der Waals surface area contributed by atoms with E-state index in [2.05, 4.69) is 23.0 Å². The molecule has 0 spiro atoms. The fourth-order valence-electron chi connectivity index (χ4n) is 4.10. The summed E-state index contributed by atoms with van der Waals surface area (Å²) < 4.78 is 10.7. The van der Waals surface area contributed by atoms with Gasteiger partial charge in [0.2, 0.25) is 5.91 Å². The summed E-state index contributed by atoms with van der Waals surface area (Å²) >= 11 is 1.45. The van der Waals surface area contributed by atoms with Gasteiger partial charge in [-0.1, -0.05) is 48.2 Å². The Bertz CT molecular complexity index is 1210. The molecular formula is C26H27N3O4S. The molecule has 1 aromatic carbocycles. The molecule has 34 heavy (non-hydrogen) atoms. The van der Waals surface area contributed by atoms with Crippen molar-refractivity contribution in [1.29, 1.82) is 0 Å². The van der Waals surface area contributed by atoms with E-state index < -0.39 is 12.0 Å². The van der Waals surface area contributed by atoms with Crippen molar-refractivity contribution in [1.82, 2.24) is 10.2 Å². The van der Waals surface area contributed by atoms with Crippen molar-refractivity contribution in [2.24, 2.45) is 4.99 Å². The van der Waals surface area contributed by atoms with Crippen LogP contribution in [0.5, 0.6) is 0 Å². The van der Waals surface area contributed by atoms with Crippen LogP contribution in [-0.2, 0) is 20.9 Å². The molecule has 0 fully saturated rings. The number of ether oxygens (including phenoxy) is 1. The molecule has 0 aliphatic carbocycles. The van der Waals surface area contributed by atoms with Gasteiger partial charge < -0.3 is 19.4 Å². The second-order valence-corrected chi connectivity index (χ2v) is 9.01. The Hall–Kier alpha value is -3.52. The van der Waals surface area contributed by atoms with Crippen LogP contribution in [0.25, 0.3) is 0 Å². The molecule has 3 heterocycles. The molecule has 2 aromatic rings. The standard InChI is InChI=1S/C26H27N3O4S/c1-5-10-33-25(31)23-18(4)28-26-29(24(23)21-9-8-16(2)12-17(21)3)19(15-34-26)13-22(30)27-14-20-7-6-11-32-20/h5-9,11-12,15,24H,1,10,13-14H2,2-4H3,(H,27,30). The highest BCUT2D eigenvalue weighted by Gasteiger charge is 2.41. The number of amides is 1. The monoisotopic (exact) mass is 477 g/mol. The number of nitrogens with zero attached hydrogens (tertiary/aromatic N) is 2. The lowest BCUT2D eigenvalue weighted by Gasteiger charge is -2.37. The Morgan fingerprint density at radius 2 is 2.12 bits per heavy atom. The number of esters is 1. The third-order valence-electron chi connectivity index (χ3n) is 5.65. The summed E-state index contributed by atoms with van der Waals surface area (Å²) in [6.07, 6.45) is 3.25. The first kappa shape index (κ1) is 23.6. The molecule has 4 rings (SSSR count). The Labute approximate surface area is 203 Å². The van der Waals surface area contributed by atoms with E-state index in [-0.39, 0.29) is 18.9 Å². The van der Waals surface area contributed by atoms with E-state index in [0.717, 1.165) is 27.6 Å². The molecule has 7 nitrogen and oxygen atoms in total. The summed E-state index contributed by atoms with van der Waals surface area (Å²) in [4.78, 5) is 32.6. The fourth-order valence-corrected chi connectivity index (χ4v) is 5.06. The fraction of sp³-hybridized carbons (Fsp3) is 0.269. The molecule has 0 radical (unpaired) electrons. The number of rotatable bonds is 8.